The number of hydrogen-bond acceptors (Lipinski definition) is 3. The van der Waals surface area contributed by atoms with E-state index < -0.39 is 0 Å². The molecule has 5 nitrogen and oxygen atoms in total. The number of pyridine rings is 1. The smallest absolute Gasteiger partial charge is 0.257 e. The lowest BCUT2D eigenvalue weighted by Crippen LogP contribution is -2.13. The van der Waals surface area contributed by atoms with Gasteiger partial charge in [-0.3, -0.25) is 4.79 Å². The van der Waals surface area contributed by atoms with Crippen molar-refractivity contribution in [3.63, 3.8) is 0 Å². The fourth-order valence-electron chi connectivity index (χ4n) is 2.34. The van der Waals surface area contributed by atoms with Gasteiger partial charge in [-0.2, -0.15) is 5.10 Å². The summed E-state index contributed by atoms with van der Waals surface area (Å²) in [5.74, 6) is -0.243. The number of nitrogens with zero attached hydrogens (tertiary/aromatic N) is 3. The first-order valence-electron chi connectivity index (χ1n) is 7.11. The maximum atomic E-state index is 12.3. The van der Waals surface area contributed by atoms with E-state index >= 15 is 0 Å². The quantitative estimate of drug-likeness (QED) is 0.745. The Labute approximate surface area is 138 Å². The molecule has 0 aliphatic carbocycles. The molecule has 2 aromatic heterocycles. The molecule has 0 saturated carbocycles. The average Bonchev–Trinajstić information content (AvgIpc) is 2.84. The molecule has 0 bridgehead atoms. The van der Waals surface area contributed by atoms with Crippen LogP contribution in [0.1, 0.15) is 21.7 Å². The van der Waals surface area contributed by atoms with E-state index in [4.69, 9.17) is 11.6 Å². The number of amides is 1. The number of aryl methyl sites for hydroxylation is 1. The highest BCUT2D eigenvalue weighted by Gasteiger charge is 2.16. The first kappa shape index (κ1) is 15.2. The first-order valence-corrected chi connectivity index (χ1v) is 7.48. The number of halogens is 1. The minimum Gasteiger partial charge on any atom is -0.319 e. The lowest BCUT2D eigenvalue weighted by Gasteiger charge is -2.07. The Balaban J connectivity index is 1.90. The van der Waals surface area contributed by atoms with E-state index in [0.717, 1.165) is 17.1 Å². The highest BCUT2D eigenvalue weighted by molar-refractivity contribution is 6.29. The van der Waals surface area contributed by atoms with Crippen LogP contribution in [0.5, 0.6) is 0 Å². The number of anilines is 1. The maximum Gasteiger partial charge on any atom is 0.257 e. The predicted octanol–water partition coefficient (Wildman–Crippen LogP) is 3.79. The van der Waals surface area contributed by atoms with Crippen molar-refractivity contribution in [2.45, 2.75) is 13.8 Å². The fourth-order valence-corrected chi connectivity index (χ4v) is 2.45. The topological polar surface area (TPSA) is 59.8 Å². The van der Waals surface area contributed by atoms with Crippen LogP contribution < -0.4 is 5.32 Å². The number of carbonyl (C=O) groups excluding carboxylic acids is 1. The summed E-state index contributed by atoms with van der Waals surface area (Å²) in [7, 11) is 0. The van der Waals surface area contributed by atoms with E-state index in [1.165, 1.54) is 6.20 Å². The van der Waals surface area contributed by atoms with Gasteiger partial charge in [-0.1, -0.05) is 29.8 Å². The maximum absolute atomic E-state index is 12.3. The molecule has 0 aliphatic heterocycles. The summed E-state index contributed by atoms with van der Waals surface area (Å²) < 4.78 is 1.81. The summed E-state index contributed by atoms with van der Waals surface area (Å²) in [5.41, 5.74) is 3.71. The van der Waals surface area contributed by atoms with Gasteiger partial charge in [0.05, 0.1) is 28.3 Å². The summed E-state index contributed by atoms with van der Waals surface area (Å²) in [5, 5.41) is 7.76. The third kappa shape index (κ3) is 3.10. The van der Waals surface area contributed by atoms with Gasteiger partial charge < -0.3 is 5.32 Å². The van der Waals surface area contributed by atoms with Crippen molar-refractivity contribution in [2.24, 2.45) is 0 Å². The van der Waals surface area contributed by atoms with Crippen molar-refractivity contribution in [3.8, 4) is 5.69 Å². The van der Waals surface area contributed by atoms with E-state index in [0.29, 0.717) is 16.4 Å². The number of nitrogens with one attached hydrogen (secondary N) is 1. The number of rotatable bonds is 3. The van der Waals surface area contributed by atoms with Gasteiger partial charge in [-0.25, -0.2) is 9.67 Å². The number of hydrogen-bond donors (Lipinski definition) is 1. The van der Waals surface area contributed by atoms with Gasteiger partial charge in [0.15, 0.2) is 0 Å². The Morgan fingerprint density at radius 3 is 2.52 bits per heavy atom. The molecule has 23 heavy (non-hydrogen) atoms. The SMILES string of the molecule is Cc1nn(-c2ccccc2)c(C)c1NC(=O)c1ccc(Cl)nc1. The summed E-state index contributed by atoms with van der Waals surface area (Å²) in [6.45, 7) is 3.78. The molecule has 0 atom stereocenters. The highest BCUT2D eigenvalue weighted by Crippen LogP contribution is 2.23. The predicted molar refractivity (Wildman–Crippen MR) is 90.2 cm³/mol. The third-order valence-electron chi connectivity index (χ3n) is 3.52. The van der Waals surface area contributed by atoms with Crippen molar-refractivity contribution in [1.82, 2.24) is 14.8 Å². The highest BCUT2D eigenvalue weighted by atomic mass is 35.5. The summed E-state index contributed by atoms with van der Waals surface area (Å²) in [6.07, 6.45) is 1.45. The van der Waals surface area contributed by atoms with Crippen molar-refractivity contribution >= 4 is 23.2 Å². The van der Waals surface area contributed by atoms with Gasteiger partial charge in [0, 0.05) is 6.20 Å². The van der Waals surface area contributed by atoms with E-state index in [1.54, 1.807) is 12.1 Å². The van der Waals surface area contributed by atoms with Crippen molar-refractivity contribution < 1.29 is 4.79 Å². The number of benzene rings is 1. The lowest BCUT2D eigenvalue weighted by molar-refractivity contribution is 0.102. The third-order valence-corrected chi connectivity index (χ3v) is 3.74. The van der Waals surface area contributed by atoms with Crippen LogP contribution in [0.2, 0.25) is 5.15 Å². The zero-order valence-corrected chi connectivity index (χ0v) is 13.5. The molecule has 116 valence electrons. The Kier molecular flexibility index (Phi) is 4.12. The van der Waals surface area contributed by atoms with Crippen molar-refractivity contribution in [3.05, 3.63) is 70.8 Å². The van der Waals surface area contributed by atoms with E-state index in [9.17, 15) is 4.79 Å². The minimum absolute atomic E-state index is 0.243. The Bertz CT molecular complexity index is 841. The average molecular weight is 327 g/mol. The van der Waals surface area contributed by atoms with Crippen LogP contribution >= 0.6 is 11.6 Å². The second kappa shape index (κ2) is 6.22. The van der Waals surface area contributed by atoms with Gasteiger partial charge in [-0.15, -0.1) is 0 Å². The molecule has 3 rings (SSSR count). The normalized spacial score (nSPS) is 10.6. The Morgan fingerprint density at radius 1 is 1.13 bits per heavy atom. The van der Waals surface area contributed by atoms with Crippen LogP contribution in [0.15, 0.2) is 48.7 Å². The molecule has 6 heteroatoms. The molecule has 0 radical (unpaired) electrons. The molecule has 3 aromatic rings. The standard InChI is InChI=1S/C17H15ClN4O/c1-11-16(20-17(23)13-8-9-15(18)19-10-13)12(2)22(21-11)14-6-4-3-5-7-14/h3-10H,1-2H3,(H,20,23). The molecule has 0 unspecified atom stereocenters. The van der Waals surface area contributed by atoms with Gasteiger partial charge in [0.2, 0.25) is 0 Å². The monoisotopic (exact) mass is 326 g/mol. The van der Waals surface area contributed by atoms with E-state index in [-0.39, 0.29) is 5.91 Å². The van der Waals surface area contributed by atoms with Crippen molar-refractivity contribution in [1.29, 1.82) is 0 Å². The summed E-state index contributed by atoms with van der Waals surface area (Å²) in [4.78, 5) is 16.3. The summed E-state index contributed by atoms with van der Waals surface area (Å²) in [6, 6.07) is 13.0. The van der Waals surface area contributed by atoms with Gasteiger partial charge in [0.1, 0.15) is 5.15 Å². The zero-order valence-electron chi connectivity index (χ0n) is 12.7. The van der Waals surface area contributed by atoms with Gasteiger partial charge in [-0.05, 0) is 38.1 Å². The van der Waals surface area contributed by atoms with Gasteiger partial charge >= 0.3 is 0 Å². The van der Waals surface area contributed by atoms with Gasteiger partial charge in [0.25, 0.3) is 5.91 Å². The molecular formula is C17H15ClN4O. The van der Waals surface area contributed by atoms with E-state index in [2.05, 4.69) is 15.4 Å². The Hall–Kier alpha value is -2.66. The molecular weight excluding hydrogens is 312 g/mol. The number of para-hydroxylation sites is 1. The van der Waals surface area contributed by atoms with Crippen LogP contribution in [-0.2, 0) is 0 Å². The molecule has 0 aliphatic rings. The van der Waals surface area contributed by atoms with Crippen LogP contribution in [-0.4, -0.2) is 20.7 Å². The van der Waals surface area contributed by atoms with Crippen molar-refractivity contribution in [2.75, 3.05) is 5.32 Å². The molecule has 1 N–H and O–H groups in total. The molecule has 0 spiro atoms. The zero-order chi connectivity index (χ0) is 16.4. The molecule has 0 fully saturated rings. The second-order valence-corrected chi connectivity index (χ2v) is 5.50. The molecule has 0 saturated heterocycles. The Morgan fingerprint density at radius 2 is 1.87 bits per heavy atom. The minimum atomic E-state index is -0.243. The lowest BCUT2D eigenvalue weighted by atomic mass is 10.2. The fraction of sp³-hybridized carbons (Fsp3) is 0.118. The molecule has 1 aromatic carbocycles. The van der Waals surface area contributed by atoms with Crippen LogP contribution in [0, 0.1) is 13.8 Å². The second-order valence-electron chi connectivity index (χ2n) is 5.12. The number of aromatic nitrogens is 3. The van der Waals surface area contributed by atoms with Crippen LogP contribution in [0.3, 0.4) is 0 Å². The molecule has 2 heterocycles. The largest absolute Gasteiger partial charge is 0.319 e. The van der Waals surface area contributed by atoms with Crippen LogP contribution in [0.25, 0.3) is 5.69 Å². The molecule has 1 amide bonds. The van der Waals surface area contributed by atoms with E-state index in [1.807, 2.05) is 48.9 Å². The number of carbonyl (C=O) groups is 1. The van der Waals surface area contributed by atoms with Crippen LogP contribution in [0.4, 0.5) is 5.69 Å². The first-order chi connectivity index (χ1) is 11.1. The summed E-state index contributed by atoms with van der Waals surface area (Å²) >= 11 is 5.74.